The van der Waals surface area contributed by atoms with E-state index in [0.29, 0.717) is 16.5 Å². The molecule has 3 aromatic rings. The molecular formula is C21H18F4N2O3. The van der Waals surface area contributed by atoms with Gasteiger partial charge in [0.05, 0.1) is 25.3 Å². The zero-order chi connectivity index (χ0) is 22.1. The average Bonchev–Trinajstić information content (AvgIpc) is 2.70. The standard InChI is InChI=1S/C21H18F4N2O3/c1-11-14-8-7-13(21(23,24)25)9-16(14)27-20(30-3)17(11)19(28)26-10-12-5-4-6-15(22)18(12)29-2/h4-9H,10H2,1-3H3,(H,26,28). The monoisotopic (exact) mass is 422 g/mol. The predicted molar refractivity (Wildman–Crippen MR) is 102 cm³/mol. The molecule has 1 aromatic heterocycles. The molecule has 1 amide bonds. The van der Waals surface area contributed by atoms with Crippen LogP contribution in [0.25, 0.3) is 10.9 Å². The first-order valence-corrected chi connectivity index (χ1v) is 8.82. The summed E-state index contributed by atoms with van der Waals surface area (Å²) in [7, 11) is 2.59. The van der Waals surface area contributed by atoms with Crippen LogP contribution in [0.3, 0.4) is 0 Å². The van der Waals surface area contributed by atoms with Crippen molar-refractivity contribution in [3.63, 3.8) is 0 Å². The molecule has 0 aliphatic carbocycles. The van der Waals surface area contributed by atoms with Crippen LogP contribution in [0.4, 0.5) is 17.6 Å². The summed E-state index contributed by atoms with van der Waals surface area (Å²) in [6.45, 7) is 1.56. The maximum absolute atomic E-state index is 13.8. The molecule has 158 valence electrons. The number of aryl methyl sites for hydroxylation is 1. The lowest BCUT2D eigenvalue weighted by Gasteiger charge is -2.15. The SMILES string of the molecule is COc1nc2cc(C(F)(F)F)ccc2c(C)c1C(=O)NCc1cccc(F)c1OC. The van der Waals surface area contributed by atoms with E-state index in [1.54, 1.807) is 13.0 Å². The van der Waals surface area contributed by atoms with E-state index >= 15 is 0 Å². The van der Waals surface area contributed by atoms with E-state index in [1.165, 1.54) is 32.4 Å². The van der Waals surface area contributed by atoms with Crippen LogP contribution in [-0.4, -0.2) is 25.1 Å². The number of benzene rings is 2. The predicted octanol–water partition coefficient (Wildman–Crippen LogP) is 4.65. The second kappa shape index (κ2) is 8.17. The molecule has 0 unspecified atom stereocenters. The Morgan fingerprint density at radius 2 is 1.87 bits per heavy atom. The molecule has 9 heteroatoms. The molecule has 0 atom stereocenters. The minimum absolute atomic E-state index is 0.0119. The van der Waals surface area contributed by atoms with Crippen LogP contribution >= 0.6 is 0 Å². The Morgan fingerprint density at radius 1 is 1.13 bits per heavy atom. The number of ether oxygens (including phenoxy) is 2. The molecule has 0 saturated carbocycles. The Labute approximate surface area is 169 Å². The maximum Gasteiger partial charge on any atom is 0.416 e. The number of carbonyl (C=O) groups excluding carboxylic acids is 1. The van der Waals surface area contributed by atoms with Crippen molar-refractivity contribution in [1.82, 2.24) is 10.3 Å². The van der Waals surface area contributed by atoms with E-state index in [2.05, 4.69) is 10.3 Å². The van der Waals surface area contributed by atoms with Crippen molar-refractivity contribution in [2.75, 3.05) is 14.2 Å². The lowest BCUT2D eigenvalue weighted by Crippen LogP contribution is -2.25. The Hall–Kier alpha value is -3.36. The topological polar surface area (TPSA) is 60.5 Å². The van der Waals surface area contributed by atoms with Crippen molar-refractivity contribution in [2.24, 2.45) is 0 Å². The average molecular weight is 422 g/mol. The van der Waals surface area contributed by atoms with Crippen LogP contribution in [0.5, 0.6) is 11.6 Å². The van der Waals surface area contributed by atoms with Gasteiger partial charge in [-0.1, -0.05) is 18.2 Å². The van der Waals surface area contributed by atoms with Crippen LogP contribution in [-0.2, 0) is 12.7 Å². The molecule has 0 fully saturated rings. The summed E-state index contributed by atoms with van der Waals surface area (Å²) >= 11 is 0. The van der Waals surface area contributed by atoms with Gasteiger partial charge in [-0.15, -0.1) is 0 Å². The van der Waals surface area contributed by atoms with Crippen molar-refractivity contribution in [3.05, 3.63) is 64.5 Å². The second-order valence-electron chi connectivity index (χ2n) is 6.47. The first-order valence-electron chi connectivity index (χ1n) is 8.82. The highest BCUT2D eigenvalue weighted by Crippen LogP contribution is 2.34. The third kappa shape index (κ3) is 4.00. The molecule has 3 rings (SSSR count). The molecule has 0 spiro atoms. The summed E-state index contributed by atoms with van der Waals surface area (Å²) in [4.78, 5) is 16.9. The number of halogens is 4. The van der Waals surface area contributed by atoms with E-state index < -0.39 is 23.5 Å². The Kier molecular flexibility index (Phi) is 5.82. The van der Waals surface area contributed by atoms with Gasteiger partial charge in [-0.3, -0.25) is 4.79 Å². The highest BCUT2D eigenvalue weighted by molar-refractivity contribution is 6.02. The molecule has 5 nitrogen and oxygen atoms in total. The van der Waals surface area contributed by atoms with Crippen LogP contribution in [0.2, 0.25) is 0 Å². The van der Waals surface area contributed by atoms with Crippen LogP contribution < -0.4 is 14.8 Å². The number of fused-ring (bicyclic) bond motifs is 1. The van der Waals surface area contributed by atoms with Gasteiger partial charge in [0.25, 0.3) is 5.91 Å². The molecule has 30 heavy (non-hydrogen) atoms. The fourth-order valence-electron chi connectivity index (χ4n) is 3.18. The van der Waals surface area contributed by atoms with Crippen LogP contribution in [0.15, 0.2) is 36.4 Å². The minimum Gasteiger partial charge on any atom is -0.493 e. The molecule has 2 aromatic carbocycles. The van der Waals surface area contributed by atoms with E-state index in [0.717, 1.165) is 12.1 Å². The van der Waals surface area contributed by atoms with Crippen molar-refractivity contribution in [2.45, 2.75) is 19.6 Å². The molecule has 0 bridgehead atoms. The number of nitrogens with one attached hydrogen (secondary N) is 1. The number of para-hydroxylation sites is 1. The van der Waals surface area contributed by atoms with Gasteiger partial charge in [0.15, 0.2) is 11.6 Å². The molecule has 1 heterocycles. The van der Waals surface area contributed by atoms with Gasteiger partial charge >= 0.3 is 6.18 Å². The van der Waals surface area contributed by atoms with Crippen molar-refractivity contribution in [3.8, 4) is 11.6 Å². The number of carbonyl (C=O) groups is 1. The number of pyridine rings is 1. The largest absolute Gasteiger partial charge is 0.493 e. The summed E-state index contributed by atoms with van der Waals surface area (Å²) < 4.78 is 63.0. The highest BCUT2D eigenvalue weighted by Gasteiger charge is 2.31. The summed E-state index contributed by atoms with van der Waals surface area (Å²) in [6, 6.07) is 7.43. The first kappa shape index (κ1) is 21.4. The van der Waals surface area contributed by atoms with Gasteiger partial charge < -0.3 is 14.8 Å². The third-order valence-corrected chi connectivity index (χ3v) is 4.65. The highest BCUT2D eigenvalue weighted by atomic mass is 19.4. The normalized spacial score (nSPS) is 11.4. The number of hydrogen-bond donors (Lipinski definition) is 1. The molecule has 0 aliphatic heterocycles. The number of aromatic nitrogens is 1. The van der Waals surface area contributed by atoms with Crippen molar-refractivity contribution in [1.29, 1.82) is 0 Å². The van der Waals surface area contributed by atoms with Crippen LogP contribution in [0.1, 0.15) is 27.0 Å². The van der Waals surface area contributed by atoms with Crippen molar-refractivity contribution >= 4 is 16.8 Å². The van der Waals surface area contributed by atoms with Gasteiger partial charge in [-0.25, -0.2) is 9.37 Å². The number of methoxy groups -OCH3 is 2. The summed E-state index contributed by atoms with van der Waals surface area (Å²) in [5.74, 6) is -1.23. The maximum atomic E-state index is 13.8. The molecule has 1 N–H and O–H groups in total. The molecular weight excluding hydrogens is 404 g/mol. The van der Waals surface area contributed by atoms with Gasteiger partial charge in [-0.2, -0.15) is 13.2 Å². The van der Waals surface area contributed by atoms with Gasteiger partial charge in [0, 0.05) is 17.5 Å². The molecule has 0 saturated heterocycles. The fourth-order valence-corrected chi connectivity index (χ4v) is 3.18. The number of rotatable bonds is 5. The summed E-state index contributed by atoms with van der Waals surface area (Å²) in [5, 5.41) is 3.03. The van der Waals surface area contributed by atoms with Gasteiger partial charge in [0.1, 0.15) is 5.56 Å². The molecule has 0 radical (unpaired) electrons. The Bertz CT molecular complexity index is 1110. The van der Waals surface area contributed by atoms with Gasteiger partial charge in [-0.05, 0) is 30.7 Å². The fraction of sp³-hybridized carbons (Fsp3) is 0.238. The lowest BCUT2D eigenvalue weighted by atomic mass is 10.0. The number of nitrogens with zero attached hydrogens (tertiary/aromatic N) is 1. The smallest absolute Gasteiger partial charge is 0.416 e. The minimum atomic E-state index is -4.52. The first-order chi connectivity index (χ1) is 14.2. The van der Waals surface area contributed by atoms with Crippen LogP contribution in [0, 0.1) is 12.7 Å². The third-order valence-electron chi connectivity index (χ3n) is 4.65. The van der Waals surface area contributed by atoms with E-state index in [-0.39, 0.29) is 29.3 Å². The number of hydrogen-bond acceptors (Lipinski definition) is 4. The zero-order valence-electron chi connectivity index (χ0n) is 16.4. The lowest BCUT2D eigenvalue weighted by molar-refractivity contribution is -0.137. The van der Waals surface area contributed by atoms with E-state index in [9.17, 15) is 22.4 Å². The van der Waals surface area contributed by atoms with E-state index in [4.69, 9.17) is 9.47 Å². The van der Waals surface area contributed by atoms with E-state index in [1.807, 2.05) is 0 Å². The number of alkyl halides is 3. The van der Waals surface area contributed by atoms with Crippen molar-refractivity contribution < 1.29 is 31.8 Å². The second-order valence-corrected chi connectivity index (χ2v) is 6.47. The Balaban J connectivity index is 1.98. The quantitative estimate of drug-likeness (QED) is 0.609. The zero-order valence-corrected chi connectivity index (χ0v) is 16.4. The Morgan fingerprint density at radius 3 is 2.50 bits per heavy atom. The summed E-state index contributed by atoms with van der Waals surface area (Å²) in [5.41, 5.74) is 0.127. The number of amides is 1. The van der Waals surface area contributed by atoms with Gasteiger partial charge in [0.2, 0.25) is 5.88 Å². The summed E-state index contributed by atoms with van der Waals surface area (Å²) in [6.07, 6.45) is -4.52. The molecule has 0 aliphatic rings.